The highest BCUT2D eigenvalue weighted by Gasteiger charge is 2.39. The first-order valence-corrected chi connectivity index (χ1v) is 8.29. The normalized spacial score (nSPS) is 24.8. The number of carbonyl (C=O) groups is 1. The van der Waals surface area contributed by atoms with E-state index >= 15 is 0 Å². The summed E-state index contributed by atoms with van der Waals surface area (Å²) in [7, 11) is 2.25. The van der Waals surface area contributed by atoms with Crippen molar-refractivity contribution in [3.63, 3.8) is 0 Å². The van der Waals surface area contributed by atoms with Crippen LogP contribution in [0.5, 0.6) is 0 Å². The number of amides is 1. The Labute approximate surface area is 124 Å². The molecule has 18 heavy (non-hydrogen) atoms. The minimum atomic E-state index is 0.224. The third-order valence-corrected chi connectivity index (χ3v) is 5.89. The van der Waals surface area contributed by atoms with Crippen LogP contribution in [0.3, 0.4) is 0 Å². The lowest BCUT2D eigenvalue weighted by Gasteiger charge is -2.47. The molecule has 0 unspecified atom stereocenters. The van der Waals surface area contributed by atoms with Crippen LogP contribution in [0.4, 0.5) is 4.79 Å². The van der Waals surface area contributed by atoms with Gasteiger partial charge in [0.25, 0.3) is 3.91 Å². The zero-order chi connectivity index (χ0) is 13.2. The predicted octanol–water partition coefficient (Wildman–Crippen LogP) is 3.52. The van der Waals surface area contributed by atoms with E-state index in [2.05, 4.69) is 18.9 Å². The second-order valence-electron chi connectivity index (χ2n) is 6.04. The summed E-state index contributed by atoms with van der Waals surface area (Å²) in [4.78, 5) is 15.9. The van der Waals surface area contributed by atoms with Gasteiger partial charge in [0.1, 0.15) is 0 Å². The van der Waals surface area contributed by atoms with Gasteiger partial charge in [0, 0.05) is 41.7 Å². The van der Waals surface area contributed by atoms with Gasteiger partial charge in [-0.2, -0.15) is 0 Å². The molecule has 0 aromatic heterocycles. The number of halogens is 1. The average molecular weight is 364 g/mol. The fourth-order valence-electron chi connectivity index (χ4n) is 3.57. The van der Waals surface area contributed by atoms with E-state index < -0.39 is 0 Å². The molecule has 0 N–H and O–H groups in total. The summed E-state index contributed by atoms with van der Waals surface area (Å²) in [6.45, 7) is 5.37. The Hall–Kier alpha value is 0.160. The van der Waals surface area contributed by atoms with Crippen LogP contribution in [-0.2, 0) is 0 Å². The van der Waals surface area contributed by atoms with Gasteiger partial charge in [-0.15, -0.1) is 0 Å². The van der Waals surface area contributed by atoms with Gasteiger partial charge < -0.3 is 9.80 Å². The molecule has 0 aromatic carbocycles. The molecule has 0 radical (unpaired) electrons. The van der Waals surface area contributed by atoms with Crippen LogP contribution in [0, 0.1) is 5.41 Å². The second-order valence-corrected chi connectivity index (χ2v) is 6.97. The second kappa shape index (κ2) is 6.07. The molecule has 1 saturated carbocycles. The summed E-state index contributed by atoms with van der Waals surface area (Å²) < 4.78 is 0.224. The van der Waals surface area contributed by atoms with Crippen molar-refractivity contribution in [3.05, 3.63) is 0 Å². The lowest BCUT2D eigenvalue weighted by molar-refractivity contribution is 0.0540. The molecule has 1 aliphatic carbocycles. The monoisotopic (exact) mass is 364 g/mol. The van der Waals surface area contributed by atoms with Gasteiger partial charge in [0.2, 0.25) is 0 Å². The van der Waals surface area contributed by atoms with E-state index in [1.807, 2.05) is 27.5 Å². The summed E-state index contributed by atoms with van der Waals surface area (Å²) in [5, 5.41) is 0. The Morgan fingerprint density at radius 3 is 2.28 bits per heavy atom. The van der Waals surface area contributed by atoms with Crippen LogP contribution in [0.15, 0.2) is 0 Å². The Bertz CT molecular complexity index is 290. The van der Waals surface area contributed by atoms with Crippen molar-refractivity contribution in [1.29, 1.82) is 0 Å². The van der Waals surface area contributed by atoms with Gasteiger partial charge in [-0.05, 0) is 57.5 Å². The molecule has 1 heterocycles. The highest BCUT2D eigenvalue weighted by molar-refractivity contribution is 14.1. The number of piperidine rings is 1. The van der Waals surface area contributed by atoms with Crippen molar-refractivity contribution in [2.45, 2.75) is 51.5 Å². The van der Waals surface area contributed by atoms with Crippen molar-refractivity contribution in [2.75, 3.05) is 26.7 Å². The van der Waals surface area contributed by atoms with Crippen LogP contribution in [0.2, 0.25) is 0 Å². The first-order chi connectivity index (χ1) is 8.56. The molecule has 2 fully saturated rings. The van der Waals surface area contributed by atoms with Crippen molar-refractivity contribution < 1.29 is 4.79 Å². The summed E-state index contributed by atoms with van der Waals surface area (Å²) in [5.41, 5.74) is 0.563. The van der Waals surface area contributed by atoms with Gasteiger partial charge in [-0.3, -0.25) is 4.79 Å². The molecule has 1 aliphatic heterocycles. The van der Waals surface area contributed by atoms with E-state index in [9.17, 15) is 4.79 Å². The molecular formula is C14H25IN2O. The highest BCUT2D eigenvalue weighted by Crippen LogP contribution is 2.45. The minimum Gasteiger partial charge on any atom is -0.334 e. The summed E-state index contributed by atoms with van der Waals surface area (Å²) in [5.74, 6) is 0. The summed E-state index contributed by atoms with van der Waals surface area (Å²) in [6, 6.07) is 0.796. The van der Waals surface area contributed by atoms with Crippen LogP contribution in [-0.4, -0.2) is 46.4 Å². The molecule has 2 aliphatic rings. The van der Waals surface area contributed by atoms with E-state index in [1.54, 1.807) is 0 Å². The SMILES string of the molecule is CCN(C)C1CCC2(CC1)CCN(C(=O)I)CC2. The molecule has 0 aromatic rings. The smallest absolute Gasteiger partial charge is 0.283 e. The third-order valence-electron chi connectivity index (χ3n) is 5.21. The molecule has 1 spiro atoms. The fourth-order valence-corrected chi connectivity index (χ4v) is 4.05. The van der Waals surface area contributed by atoms with Crippen LogP contribution in [0.1, 0.15) is 45.4 Å². The first kappa shape index (κ1) is 14.6. The van der Waals surface area contributed by atoms with Gasteiger partial charge in [-0.1, -0.05) is 6.92 Å². The fraction of sp³-hybridized carbons (Fsp3) is 0.929. The maximum absolute atomic E-state index is 11.4. The van der Waals surface area contributed by atoms with E-state index in [0.717, 1.165) is 25.7 Å². The first-order valence-electron chi connectivity index (χ1n) is 7.21. The third kappa shape index (κ3) is 3.18. The minimum absolute atomic E-state index is 0.224. The number of carbonyl (C=O) groups excluding carboxylic acids is 1. The average Bonchev–Trinajstić information content (AvgIpc) is 2.39. The Balaban J connectivity index is 1.84. The number of likely N-dealkylation sites (tertiary alicyclic amines) is 1. The van der Waals surface area contributed by atoms with Crippen LogP contribution < -0.4 is 0 Å². The van der Waals surface area contributed by atoms with Gasteiger partial charge in [-0.25, -0.2) is 0 Å². The number of nitrogens with zero attached hydrogens (tertiary/aromatic N) is 2. The van der Waals surface area contributed by atoms with Gasteiger partial charge in [0.15, 0.2) is 0 Å². The lowest BCUT2D eigenvalue weighted by atomic mass is 9.67. The highest BCUT2D eigenvalue weighted by atomic mass is 127. The summed E-state index contributed by atoms with van der Waals surface area (Å²) >= 11 is 1.92. The van der Waals surface area contributed by atoms with E-state index in [-0.39, 0.29) is 3.91 Å². The van der Waals surface area contributed by atoms with Gasteiger partial charge >= 0.3 is 0 Å². The molecule has 1 saturated heterocycles. The maximum Gasteiger partial charge on any atom is 0.283 e. The molecule has 2 rings (SSSR count). The number of hydrogen-bond acceptors (Lipinski definition) is 2. The molecule has 1 amide bonds. The molecule has 4 heteroatoms. The lowest BCUT2D eigenvalue weighted by Crippen LogP contribution is -2.45. The van der Waals surface area contributed by atoms with E-state index in [4.69, 9.17) is 0 Å². The Morgan fingerprint density at radius 1 is 1.28 bits per heavy atom. The molecule has 0 atom stereocenters. The Kier molecular flexibility index (Phi) is 4.92. The van der Waals surface area contributed by atoms with Crippen molar-refractivity contribution in [3.8, 4) is 0 Å². The number of rotatable bonds is 2. The molecular weight excluding hydrogens is 339 g/mol. The Morgan fingerprint density at radius 2 is 1.83 bits per heavy atom. The van der Waals surface area contributed by atoms with Crippen molar-refractivity contribution in [2.24, 2.45) is 5.41 Å². The van der Waals surface area contributed by atoms with Crippen LogP contribution in [0.25, 0.3) is 0 Å². The predicted molar refractivity (Wildman–Crippen MR) is 83.2 cm³/mol. The van der Waals surface area contributed by atoms with Crippen molar-refractivity contribution in [1.82, 2.24) is 9.80 Å². The quantitative estimate of drug-likeness (QED) is 0.425. The largest absolute Gasteiger partial charge is 0.334 e. The summed E-state index contributed by atoms with van der Waals surface area (Å²) in [6.07, 6.45) is 7.89. The standard InChI is InChI=1S/C14H25IN2O/c1-3-16(2)12-4-6-14(7-5-12)8-10-17(11-9-14)13(15)18/h12H,3-11H2,1-2H3. The number of hydrogen-bond donors (Lipinski definition) is 0. The maximum atomic E-state index is 11.4. The molecule has 3 nitrogen and oxygen atoms in total. The van der Waals surface area contributed by atoms with E-state index in [0.29, 0.717) is 5.41 Å². The van der Waals surface area contributed by atoms with Gasteiger partial charge in [0.05, 0.1) is 0 Å². The topological polar surface area (TPSA) is 23.6 Å². The molecule has 104 valence electrons. The zero-order valence-electron chi connectivity index (χ0n) is 11.6. The zero-order valence-corrected chi connectivity index (χ0v) is 13.8. The van der Waals surface area contributed by atoms with E-state index in [1.165, 1.54) is 38.5 Å². The van der Waals surface area contributed by atoms with Crippen molar-refractivity contribution >= 4 is 26.5 Å². The van der Waals surface area contributed by atoms with Crippen LogP contribution >= 0.6 is 22.6 Å². The molecule has 0 bridgehead atoms.